The van der Waals surface area contributed by atoms with E-state index >= 15 is 0 Å². The van der Waals surface area contributed by atoms with E-state index in [4.69, 9.17) is 0 Å². The third kappa shape index (κ3) is 4.11. The number of rotatable bonds is 4. The molecule has 1 saturated heterocycles. The van der Waals surface area contributed by atoms with Crippen LogP contribution in [0.5, 0.6) is 0 Å². The number of hydrogen-bond donors (Lipinski definition) is 1. The van der Waals surface area contributed by atoms with Gasteiger partial charge in [0.15, 0.2) is 0 Å². The lowest BCUT2D eigenvalue weighted by molar-refractivity contribution is 0.0648. The summed E-state index contributed by atoms with van der Waals surface area (Å²) in [5.74, 6) is 0.716. The second kappa shape index (κ2) is 6.01. The number of nitrogens with one attached hydrogen (secondary N) is 1. The Morgan fingerprint density at radius 3 is 2.53 bits per heavy atom. The summed E-state index contributed by atoms with van der Waals surface area (Å²) in [6, 6.07) is 1.27. The Bertz CT molecular complexity index is 240. The number of piperazine rings is 1. The fraction of sp³-hybridized carbons (Fsp3) is 0.867. The van der Waals surface area contributed by atoms with Gasteiger partial charge in [-0.25, -0.2) is 0 Å². The molecule has 0 aromatic rings. The molecule has 17 heavy (non-hydrogen) atoms. The van der Waals surface area contributed by atoms with Gasteiger partial charge in [-0.3, -0.25) is 4.90 Å². The quantitative estimate of drug-likeness (QED) is 0.758. The molecule has 100 valence electrons. The largest absolute Gasteiger partial charge is 0.311 e. The zero-order valence-corrected chi connectivity index (χ0v) is 12.3. The zero-order chi connectivity index (χ0) is 13.1. The van der Waals surface area contributed by atoms with Crippen LogP contribution in [-0.4, -0.2) is 36.6 Å². The zero-order valence-electron chi connectivity index (χ0n) is 12.3. The van der Waals surface area contributed by atoms with Gasteiger partial charge in [0.05, 0.1) is 0 Å². The maximum Gasteiger partial charge on any atom is 0.0244 e. The van der Waals surface area contributed by atoms with Crippen LogP contribution in [-0.2, 0) is 0 Å². The Kier molecular flexibility index (Phi) is 5.21. The Hall–Kier alpha value is -0.340. The summed E-state index contributed by atoms with van der Waals surface area (Å²) >= 11 is 0. The van der Waals surface area contributed by atoms with Crippen LogP contribution in [0, 0.1) is 11.3 Å². The lowest BCUT2D eigenvalue weighted by Gasteiger charge is -2.46. The summed E-state index contributed by atoms with van der Waals surface area (Å²) in [6.45, 7) is 18.9. The molecule has 1 fully saturated rings. The minimum Gasteiger partial charge on any atom is -0.311 e. The van der Waals surface area contributed by atoms with Crippen molar-refractivity contribution in [2.24, 2.45) is 11.3 Å². The fourth-order valence-electron chi connectivity index (χ4n) is 2.58. The van der Waals surface area contributed by atoms with E-state index in [1.807, 2.05) is 6.08 Å². The molecule has 1 rings (SSSR count). The highest BCUT2D eigenvalue weighted by Crippen LogP contribution is 2.25. The Morgan fingerprint density at radius 2 is 2.06 bits per heavy atom. The minimum absolute atomic E-state index is 0.342. The summed E-state index contributed by atoms with van der Waals surface area (Å²) in [5.41, 5.74) is 0.342. The molecule has 2 nitrogen and oxygen atoms in total. The van der Waals surface area contributed by atoms with Gasteiger partial charge in [-0.05, 0) is 17.8 Å². The molecule has 1 heterocycles. The van der Waals surface area contributed by atoms with Crippen molar-refractivity contribution in [1.29, 1.82) is 0 Å². The van der Waals surface area contributed by atoms with Gasteiger partial charge < -0.3 is 5.32 Å². The molecule has 2 atom stereocenters. The molecular weight excluding hydrogens is 208 g/mol. The number of nitrogens with zero attached hydrogens (tertiary/aromatic N) is 1. The summed E-state index contributed by atoms with van der Waals surface area (Å²) in [5, 5.41) is 3.73. The second-order valence-electron chi connectivity index (χ2n) is 6.71. The maximum absolute atomic E-state index is 3.84. The van der Waals surface area contributed by atoms with E-state index in [1.54, 1.807) is 0 Å². The lowest BCUT2D eigenvalue weighted by atomic mass is 9.83. The average molecular weight is 238 g/mol. The predicted molar refractivity (Wildman–Crippen MR) is 76.3 cm³/mol. The van der Waals surface area contributed by atoms with E-state index in [2.05, 4.69) is 51.4 Å². The summed E-state index contributed by atoms with van der Waals surface area (Å²) in [4.78, 5) is 2.65. The lowest BCUT2D eigenvalue weighted by Crippen LogP contribution is -2.61. The number of hydrogen-bond acceptors (Lipinski definition) is 2. The van der Waals surface area contributed by atoms with E-state index in [0.717, 1.165) is 19.5 Å². The van der Waals surface area contributed by atoms with Crippen molar-refractivity contribution in [3.63, 3.8) is 0 Å². The summed E-state index contributed by atoms with van der Waals surface area (Å²) < 4.78 is 0. The van der Waals surface area contributed by atoms with Crippen molar-refractivity contribution < 1.29 is 0 Å². The highest BCUT2D eigenvalue weighted by molar-refractivity contribution is 4.93. The standard InChI is InChI=1S/C15H30N2/c1-7-8-9-17-11-14(15(4,5)6)16-10-13(17)12(2)3/h7,12-14,16H,1,8-11H2,2-6H3. The third-order valence-corrected chi connectivity index (χ3v) is 3.89. The van der Waals surface area contributed by atoms with Crippen LogP contribution < -0.4 is 5.32 Å². The van der Waals surface area contributed by atoms with Crippen molar-refractivity contribution in [1.82, 2.24) is 10.2 Å². The molecule has 0 bridgehead atoms. The highest BCUT2D eigenvalue weighted by Gasteiger charge is 2.34. The van der Waals surface area contributed by atoms with Crippen molar-refractivity contribution in [3.8, 4) is 0 Å². The van der Waals surface area contributed by atoms with Crippen LogP contribution >= 0.6 is 0 Å². The summed E-state index contributed by atoms with van der Waals surface area (Å²) in [6.07, 6.45) is 3.13. The first-order chi connectivity index (χ1) is 7.86. The van der Waals surface area contributed by atoms with E-state index in [9.17, 15) is 0 Å². The van der Waals surface area contributed by atoms with Crippen LogP contribution in [0.1, 0.15) is 41.0 Å². The first-order valence-corrected chi connectivity index (χ1v) is 6.94. The van der Waals surface area contributed by atoms with Gasteiger partial charge >= 0.3 is 0 Å². The smallest absolute Gasteiger partial charge is 0.0244 e. The van der Waals surface area contributed by atoms with Gasteiger partial charge in [0, 0.05) is 31.7 Å². The molecule has 2 unspecified atom stereocenters. The maximum atomic E-state index is 3.84. The van der Waals surface area contributed by atoms with Crippen molar-refractivity contribution in [2.45, 2.75) is 53.1 Å². The SMILES string of the molecule is C=CCCN1CC(C(C)(C)C)NCC1C(C)C. The molecule has 0 radical (unpaired) electrons. The van der Waals surface area contributed by atoms with Crippen molar-refractivity contribution in [3.05, 3.63) is 12.7 Å². The Labute approximate surface area is 107 Å². The third-order valence-electron chi connectivity index (χ3n) is 3.89. The van der Waals surface area contributed by atoms with Crippen molar-refractivity contribution >= 4 is 0 Å². The van der Waals surface area contributed by atoms with Crippen LogP contribution in [0.2, 0.25) is 0 Å². The van der Waals surface area contributed by atoms with Crippen LogP contribution in [0.4, 0.5) is 0 Å². The van der Waals surface area contributed by atoms with E-state index in [0.29, 0.717) is 23.4 Å². The van der Waals surface area contributed by atoms with Crippen LogP contribution in [0.15, 0.2) is 12.7 Å². The van der Waals surface area contributed by atoms with Gasteiger partial charge in [-0.2, -0.15) is 0 Å². The van der Waals surface area contributed by atoms with Crippen molar-refractivity contribution in [2.75, 3.05) is 19.6 Å². The minimum atomic E-state index is 0.342. The highest BCUT2D eigenvalue weighted by atomic mass is 15.2. The van der Waals surface area contributed by atoms with Gasteiger partial charge in [0.2, 0.25) is 0 Å². The van der Waals surface area contributed by atoms with E-state index in [1.165, 1.54) is 6.54 Å². The molecule has 0 aromatic heterocycles. The average Bonchev–Trinajstić information content (AvgIpc) is 2.24. The monoisotopic (exact) mass is 238 g/mol. The molecule has 0 amide bonds. The van der Waals surface area contributed by atoms with Crippen LogP contribution in [0.25, 0.3) is 0 Å². The Balaban J connectivity index is 2.66. The molecule has 1 aliphatic rings. The Morgan fingerprint density at radius 1 is 1.41 bits per heavy atom. The van der Waals surface area contributed by atoms with Gasteiger partial charge in [-0.15, -0.1) is 6.58 Å². The topological polar surface area (TPSA) is 15.3 Å². The normalized spacial score (nSPS) is 27.4. The first kappa shape index (κ1) is 14.7. The molecule has 0 aliphatic carbocycles. The second-order valence-corrected chi connectivity index (χ2v) is 6.71. The van der Waals surface area contributed by atoms with Gasteiger partial charge in [-0.1, -0.05) is 40.7 Å². The molecule has 0 spiro atoms. The predicted octanol–water partition coefficient (Wildman–Crippen LogP) is 2.91. The first-order valence-electron chi connectivity index (χ1n) is 6.94. The molecule has 2 heteroatoms. The molecule has 0 saturated carbocycles. The molecule has 1 aliphatic heterocycles. The summed E-state index contributed by atoms with van der Waals surface area (Å²) in [7, 11) is 0. The van der Waals surface area contributed by atoms with E-state index in [-0.39, 0.29) is 0 Å². The van der Waals surface area contributed by atoms with E-state index < -0.39 is 0 Å². The van der Waals surface area contributed by atoms with Gasteiger partial charge in [0.25, 0.3) is 0 Å². The molecule has 1 N–H and O–H groups in total. The van der Waals surface area contributed by atoms with Gasteiger partial charge in [0.1, 0.15) is 0 Å². The molecular formula is C15H30N2. The fourth-order valence-corrected chi connectivity index (χ4v) is 2.58. The van der Waals surface area contributed by atoms with Crippen LogP contribution in [0.3, 0.4) is 0 Å². The molecule has 0 aromatic carbocycles.